The van der Waals surface area contributed by atoms with Crippen molar-refractivity contribution in [2.75, 3.05) is 13.1 Å². The minimum absolute atomic E-state index is 0.567. The molecule has 0 saturated heterocycles. The zero-order valence-electron chi connectivity index (χ0n) is 6.58. The molecule has 3 N–H and O–H groups in total. The predicted molar refractivity (Wildman–Crippen MR) is 45.4 cm³/mol. The van der Waals surface area contributed by atoms with Crippen LogP contribution in [0.2, 0.25) is 0 Å². The van der Waals surface area contributed by atoms with Crippen molar-refractivity contribution in [3.05, 3.63) is 11.8 Å². The SMILES string of the molecule is C/C(C=NCCNC=O)=C/N. The molecule has 0 spiro atoms. The molecule has 0 heterocycles. The van der Waals surface area contributed by atoms with Gasteiger partial charge in [0, 0.05) is 12.8 Å². The van der Waals surface area contributed by atoms with Gasteiger partial charge in [0.25, 0.3) is 0 Å². The molecule has 62 valence electrons. The van der Waals surface area contributed by atoms with Gasteiger partial charge in [-0.1, -0.05) is 0 Å². The zero-order valence-corrected chi connectivity index (χ0v) is 6.58. The van der Waals surface area contributed by atoms with Crippen molar-refractivity contribution in [2.45, 2.75) is 6.92 Å². The molecule has 0 bridgehead atoms. The van der Waals surface area contributed by atoms with Gasteiger partial charge in [-0.2, -0.15) is 0 Å². The summed E-state index contributed by atoms with van der Waals surface area (Å²) < 4.78 is 0. The van der Waals surface area contributed by atoms with Gasteiger partial charge in [-0.25, -0.2) is 0 Å². The molecule has 0 aliphatic carbocycles. The fourth-order valence-corrected chi connectivity index (χ4v) is 0.440. The van der Waals surface area contributed by atoms with E-state index in [2.05, 4.69) is 10.3 Å². The summed E-state index contributed by atoms with van der Waals surface area (Å²) >= 11 is 0. The Morgan fingerprint density at radius 1 is 1.73 bits per heavy atom. The minimum atomic E-state index is 0.567. The van der Waals surface area contributed by atoms with Gasteiger partial charge in [0.05, 0.1) is 6.54 Å². The molecular weight excluding hydrogens is 142 g/mol. The molecular formula is C7H13N3O. The first-order chi connectivity index (χ1) is 5.31. The first-order valence-electron chi connectivity index (χ1n) is 3.36. The number of hydrogen-bond acceptors (Lipinski definition) is 3. The third-order valence-corrected chi connectivity index (χ3v) is 1.03. The third-order valence-electron chi connectivity index (χ3n) is 1.03. The third kappa shape index (κ3) is 6.57. The Balaban J connectivity index is 3.37. The quantitative estimate of drug-likeness (QED) is 0.324. The highest BCUT2D eigenvalue weighted by molar-refractivity contribution is 5.77. The second-order valence-corrected chi connectivity index (χ2v) is 2.02. The van der Waals surface area contributed by atoms with Gasteiger partial charge in [0.15, 0.2) is 0 Å². The number of amides is 1. The maximum Gasteiger partial charge on any atom is 0.207 e. The zero-order chi connectivity index (χ0) is 8.53. The number of hydrogen-bond donors (Lipinski definition) is 2. The molecule has 0 aliphatic rings. The minimum Gasteiger partial charge on any atom is -0.404 e. The number of allylic oxidation sites excluding steroid dienone is 1. The van der Waals surface area contributed by atoms with Crippen molar-refractivity contribution < 1.29 is 4.79 Å². The van der Waals surface area contributed by atoms with Crippen LogP contribution in [0.1, 0.15) is 6.92 Å². The highest BCUT2D eigenvalue weighted by Gasteiger charge is 1.80. The Labute approximate surface area is 66.2 Å². The van der Waals surface area contributed by atoms with E-state index < -0.39 is 0 Å². The monoisotopic (exact) mass is 155 g/mol. The average Bonchev–Trinajstić information content (AvgIpc) is 2.04. The molecule has 0 radical (unpaired) electrons. The summed E-state index contributed by atoms with van der Waals surface area (Å²) in [5.41, 5.74) is 6.10. The van der Waals surface area contributed by atoms with Crippen LogP contribution in [0.15, 0.2) is 16.8 Å². The summed E-state index contributed by atoms with van der Waals surface area (Å²) in [4.78, 5) is 13.7. The number of aliphatic imine (C=N–C) groups is 1. The van der Waals surface area contributed by atoms with Gasteiger partial charge in [0.2, 0.25) is 6.41 Å². The number of nitrogens with two attached hydrogens (primary N) is 1. The van der Waals surface area contributed by atoms with Crippen molar-refractivity contribution in [1.82, 2.24) is 5.32 Å². The van der Waals surface area contributed by atoms with Crippen LogP contribution in [0.25, 0.3) is 0 Å². The lowest BCUT2D eigenvalue weighted by molar-refractivity contribution is -0.109. The highest BCUT2D eigenvalue weighted by Crippen LogP contribution is 1.81. The normalized spacial score (nSPS) is 11.9. The molecule has 0 aromatic carbocycles. The van der Waals surface area contributed by atoms with E-state index in [1.54, 1.807) is 6.21 Å². The van der Waals surface area contributed by atoms with Gasteiger partial charge in [0.1, 0.15) is 0 Å². The van der Waals surface area contributed by atoms with Crippen LogP contribution in [0.4, 0.5) is 0 Å². The van der Waals surface area contributed by atoms with Crippen LogP contribution in [0, 0.1) is 0 Å². The van der Waals surface area contributed by atoms with E-state index in [0.29, 0.717) is 19.5 Å². The van der Waals surface area contributed by atoms with Crippen molar-refractivity contribution in [2.24, 2.45) is 10.7 Å². The summed E-state index contributed by atoms with van der Waals surface area (Å²) in [6, 6.07) is 0. The first-order valence-corrected chi connectivity index (χ1v) is 3.36. The van der Waals surface area contributed by atoms with Crippen molar-refractivity contribution in [1.29, 1.82) is 0 Å². The van der Waals surface area contributed by atoms with Crippen LogP contribution in [0.5, 0.6) is 0 Å². The summed E-state index contributed by atoms with van der Waals surface area (Å²) in [5, 5.41) is 2.49. The Morgan fingerprint density at radius 2 is 2.45 bits per heavy atom. The lowest BCUT2D eigenvalue weighted by Gasteiger charge is -1.91. The van der Waals surface area contributed by atoms with Crippen LogP contribution in [-0.4, -0.2) is 25.7 Å². The summed E-state index contributed by atoms with van der Waals surface area (Å²) in [5.74, 6) is 0. The Bertz CT molecular complexity index is 163. The molecule has 0 aliphatic heterocycles. The van der Waals surface area contributed by atoms with Gasteiger partial charge in [-0.3, -0.25) is 9.79 Å². The number of carbonyl (C=O) groups is 1. The van der Waals surface area contributed by atoms with Crippen molar-refractivity contribution in [3.63, 3.8) is 0 Å². The van der Waals surface area contributed by atoms with E-state index in [9.17, 15) is 4.79 Å². The van der Waals surface area contributed by atoms with Crippen LogP contribution >= 0.6 is 0 Å². The van der Waals surface area contributed by atoms with E-state index in [1.165, 1.54) is 6.20 Å². The second-order valence-electron chi connectivity index (χ2n) is 2.02. The molecule has 4 nitrogen and oxygen atoms in total. The molecule has 1 amide bonds. The standard InChI is InChI=1S/C7H13N3O/c1-7(4-8)5-9-2-3-10-6-11/h4-6H,2-3,8H2,1H3,(H,10,11)/b7-4-,9-5?. The number of nitrogens with one attached hydrogen (secondary N) is 1. The van der Waals surface area contributed by atoms with Crippen molar-refractivity contribution >= 4 is 12.6 Å². The maximum absolute atomic E-state index is 9.76. The molecule has 4 heteroatoms. The highest BCUT2D eigenvalue weighted by atomic mass is 16.1. The number of nitrogens with zero attached hydrogens (tertiary/aromatic N) is 1. The molecule has 0 fully saturated rings. The largest absolute Gasteiger partial charge is 0.404 e. The Hall–Kier alpha value is -1.32. The van der Waals surface area contributed by atoms with Crippen LogP contribution < -0.4 is 11.1 Å². The van der Waals surface area contributed by atoms with E-state index in [1.807, 2.05) is 6.92 Å². The first kappa shape index (κ1) is 9.68. The summed E-state index contributed by atoms with van der Waals surface area (Å²) in [6.07, 6.45) is 3.81. The molecule has 11 heavy (non-hydrogen) atoms. The van der Waals surface area contributed by atoms with E-state index in [-0.39, 0.29) is 0 Å². The average molecular weight is 155 g/mol. The van der Waals surface area contributed by atoms with E-state index in [0.717, 1.165) is 5.57 Å². The lowest BCUT2D eigenvalue weighted by Crippen LogP contribution is -2.14. The fraction of sp³-hybridized carbons (Fsp3) is 0.429. The van der Waals surface area contributed by atoms with Crippen molar-refractivity contribution in [3.8, 4) is 0 Å². The molecule has 0 aromatic heterocycles. The van der Waals surface area contributed by atoms with Crippen LogP contribution in [0.3, 0.4) is 0 Å². The molecule has 0 saturated carbocycles. The maximum atomic E-state index is 9.76. The Morgan fingerprint density at radius 3 is 3.00 bits per heavy atom. The van der Waals surface area contributed by atoms with Gasteiger partial charge in [-0.15, -0.1) is 0 Å². The van der Waals surface area contributed by atoms with Crippen LogP contribution in [-0.2, 0) is 4.79 Å². The number of carbonyl (C=O) groups excluding carboxylic acids is 1. The molecule has 0 aromatic rings. The summed E-state index contributed by atoms with van der Waals surface area (Å²) in [6.45, 7) is 3.01. The van der Waals surface area contributed by atoms with Gasteiger partial charge < -0.3 is 11.1 Å². The predicted octanol–water partition coefficient (Wildman–Crippen LogP) is -0.334. The molecule has 0 atom stereocenters. The Kier molecular flexibility index (Phi) is 5.98. The lowest BCUT2D eigenvalue weighted by atomic mass is 10.4. The second kappa shape index (κ2) is 6.80. The smallest absolute Gasteiger partial charge is 0.207 e. The van der Waals surface area contributed by atoms with Gasteiger partial charge >= 0.3 is 0 Å². The number of rotatable bonds is 5. The van der Waals surface area contributed by atoms with E-state index in [4.69, 9.17) is 5.73 Å². The molecule has 0 rings (SSSR count). The topological polar surface area (TPSA) is 67.5 Å². The van der Waals surface area contributed by atoms with E-state index >= 15 is 0 Å². The molecule has 0 unspecified atom stereocenters. The van der Waals surface area contributed by atoms with Gasteiger partial charge in [-0.05, 0) is 18.7 Å². The fourth-order valence-electron chi connectivity index (χ4n) is 0.440. The summed E-state index contributed by atoms with van der Waals surface area (Å²) in [7, 11) is 0.